The molecule has 0 saturated heterocycles. The second kappa shape index (κ2) is 3.56. The zero-order valence-corrected chi connectivity index (χ0v) is 7.65. The summed E-state index contributed by atoms with van der Waals surface area (Å²) in [6, 6.07) is 6.73. The molecule has 0 spiro atoms. The molecular formula is C11H18. The number of aryl methyl sites for hydroxylation is 3. The van der Waals surface area contributed by atoms with Crippen LogP contribution in [0.4, 0.5) is 0 Å². The fourth-order valence-corrected chi connectivity index (χ4v) is 1.25. The van der Waals surface area contributed by atoms with Crippen molar-refractivity contribution in [2.75, 3.05) is 0 Å². The molecule has 0 radical (unpaired) electrons. The highest BCUT2D eigenvalue weighted by molar-refractivity contribution is 5.29. The van der Waals surface area contributed by atoms with Crippen molar-refractivity contribution in [2.24, 2.45) is 0 Å². The largest absolute Gasteiger partial charge is 0.0651 e. The minimum atomic E-state index is 0. The van der Waals surface area contributed by atoms with E-state index in [1.54, 1.807) is 0 Å². The molecule has 0 heteroatoms. The molecule has 0 aliphatic carbocycles. The first-order valence-electron chi connectivity index (χ1n) is 4.30. The minimum absolute atomic E-state index is 0. The average molecular weight is 150 g/mol. The summed E-state index contributed by atoms with van der Waals surface area (Å²) in [5.41, 5.74) is 4.27. The first kappa shape index (κ1) is 8.32. The molecule has 0 bridgehead atoms. The zero-order valence-electron chi connectivity index (χ0n) is 7.65. The van der Waals surface area contributed by atoms with Gasteiger partial charge in [0.2, 0.25) is 0 Å². The maximum absolute atomic E-state index is 2.29. The van der Waals surface area contributed by atoms with Crippen LogP contribution in [-0.4, -0.2) is 0 Å². The molecular weight excluding hydrogens is 132 g/mol. The predicted octanol–water partition coefficient (Wildman–Crippen LogP) is 3.50. The minimum Gasteiger partial charge on any atom is -0.0651 e. The van der Waals surface area contributed by atoms with Crippen LogP contribution in [-0.2, 0) is 6.42 Å². The van der Waals surface area contributed by atoms with Crippen LogP contribution in [0.1, 0.15) is 31.5 Å². The van der Waals surface area contributed by atoms with Gasteiger partial charge in [-0.15, -0.1) is 0 Å². The van der Waals surface area contributed by atoms with Gasteiger partial charge in [-0.1, -0.05) is 31.5 Å². The van der Waals surface area contributed by atoms with Crippen LogP contribution >= 0.6 is 0 Å². The molecule has 0 atom stereocenters. The molecule has 0 unspecified atom stereocenters. The fraction of sp³-hybridized carbons (Fsp3) is 0.455. The standard InChI is InChI=1S/C11H16.H2/c1-4-5-11-7-6-9(2)10(3)8-11;/h6-8H,4-5H2,1-3H3;1H. The van der Waals surface area contributed by atoms with E-state index in [0.717, 1.165) is 0 Å². The van der Waals surface area contributed by atoms with Gasteiger partial charge in [0.05, 0.1) is 0 Å². The Hall–Kier alpha value is -0.780. The van der Waals surface area contributed by atoms with Crippen LogP contribution in [0.15, 0.2) is 18.2 Å². The van der Waals surface area contributed by atoms with E-state index in [9.17, 15) is 0 Å². The Bertz CT molecular complexity index is 241. The molecule has 0 amide bonds. The Labute approximate surface area is 70.7 Å². The first-order chi connectivity index (χ1) is 5.24. The van der Waals surface area contributed by atoms with Crippen LogP contribution in [0.25, 0.3) is 0 Å². The van der Waals surface area contributed by atoms with Gasteiger partial charge in [0.15, 0.2) is 0 Å². The normalized spacial score (nSPS) is 10.1. The van der Waals surface area contributed by atoms with Gasteiger partial charge in [-0.3, -0.25) is 0 Å². The summed E-state index contributed by atoms with van der Waals surface area (Å²) >= 11 is 0. The quantitative estimate of drug-likeness (QED) is 0.605. The van der Waals surface area contributed by atoms with Gasteiger partial charge in [-0.2, -0.15) is 0 Å². The monoisotopic (exact) mass is 150 g/mol. The summed E-state index contributed by atoms with van der Waals surface area (Å²) in [5, 5.41) is 0. The van der Waals surface area contributed by atoms with Gasteiger partial charge in [-0.05, 0) is 37.0 Å². The number of hydrogen-bond acceptors (Lipinski definition) is 0. The van der Waals surface area contributed by atoms with E-state index in [-0.39, 0.29) is 1.43 Å². The number of hydrogen-bond donors (Lipinski definition) is 0. The van der Waals surface area contributed by atoms with E-state index in [1.807, 2.05) is 0 Å². The highest BCUT2D eigenvalue weighted by Crippen LogP contribution is 2.10. The Morgan fingerprint density at radius 2 is 1.91 bits per heavy atom. The summed E-state index contributed by atoms with van der Waals surface area (Å²) in [7, 11) is 0. The van der Waals surface area contributed by atoms with E-state index in [4.69, 9.17) is 0 Å². The Morgan fingerprint density at radius 1 is 1.18 bits per heavy atom. The lowest BCUT2D eigenvalue weighted by molar-refractivity contribution is 0.919. The Balaban J connectivity index is 0.00000121. The summed E-state index contributed by atoms with van der Waals surface area (Å²) in [4.78, 5) is 0. The first-order valence-corrected chi connectivity index (χ1v) is 4.30. The second-order valence-electron chi connectivity index (χ2n) is 3.17. The molecule has 1 rings (SSSR count). The van der Waals surface area contributed by atoms with E-state index < -0.39 is 0 Å². The van der Waals surface area contributed by atoms with E-state index in [1.165, 1.54) is 29.5 Å². The summed E-state index contributed by atoms with van der Waals surface area (Å²) in [6.07, 6.45) is 2.45. The third kappa shape index (κ3) is 2.07. The highest BCUT2D eigenvalue weighted by Gasteiger charge is 1.93. The maximum atomic E-state index is 2.29. The molecule has 62 valence electrons. The van der Waals surface area contributed by atoms with Crippen molar-refractivity contribution in [3.63, 3.8) is 0 Å². The maximum Gasteiger partial charge on any atom is 0 e. The van der Waals surface area contributed by atoms with Crippen molar-refractivity contribution in [1.82, 2.24) is 0 Å². The topological polar surface area (TPSA) is 0 Å². The van der Waals surface area contributed by atoms with Gasteiger partial charge in [0.25, 0.3) is 0 Å². The molecule has 0 aromatic heterocycles. The van der Waals surface area contributed by atoms with Gasteiger partial charge in [0.1, 0.15) is 0 Å². The lowest BCUT2D eigenvalue weighted by Crippen LogP contribution is -1.86. The molecule has 1 aromatic carbocycles. The molecule has 0 saturated carbocycles. The van der Waals surface area contributed by atoms with Crippen LogP contribution in [0, 0.1) is 13.8 Å². The van der Waals surface area contributed by atoms with Crippen LogP contribution in [0.2, 0.25) is 0 Å². The van der Waals surface area contributed by atoms with Gasteiger partial charge in [0, 0.05) is 1.43 Å². The van der Waals surface area contributed by atoms with Crippen LogP contribution in [0.5, 0.6) is 0 Å². The van der Waals surface area contributed by atoms with E-state index >= 15 is 0 Å². The molecule has 11 heavy (non-hydrogen) atoms. The SMILES string of the molecule is CCCc1ccc(C)c(C)c1.[HH]. The average Bonchev–Trinajstić information content (AvgIpc) is 1.98. The highest BCUT2D eigenvalue weighted by atomic mass is 14.0. The van der Waals surface area contributed by atoms with Crippen LogP contribution < -0.4 is 0 Å². The molecule has 0 nitrogen and oxygen atoms in total. The fourth-order valence-electron chi connectivity index (χ4n) is 1.25. The lowest BCUT2D eigenvalue weighted by atomic mass is 10.0. The number of benzene rings is 1. The van der Waals surface area contributed by atoms with Gasteiger partial charge in [-0.25, -0.2) is 0 Å². The van der Waals surface area contributed by atoms with Gasteiger partial charge < -0.3 is 0 Å². The predicted molar refractivity (Wildman–Crippen MR) is 52.0 cm³/mol. The van der Waals surface area contributed by atoms with Crippen molar-refractivity contribution in [2.45, 2.75) is 33.6 Å². The van der Waals surface area contributed by atoms with Crippen molar-refractivity contribution in [3.05, 3.63) is 34.9 Å². The summed E-state index contributed by atoms with van der Waals surface area (Å²) in [5.74, 6) is 0. The number of rotatable bonds is 2. The van der Waals surface area contributed by atoms with Crippen molar-refractivity contribution in [3.8, 4) is 0 Å². The molecule has 1 aromatic rings. The van der Waals surface area contributed by atoms with Crippen LogP contribution in [0.3, 0.4) is 0 Å². The third-order valence-electron chi connectivity index (χ3n) is 2.11. The smallest absolute Gasteiger partial charge is 0 e. The van der Waals surface area contributed by atoms with Crippen molar-refractivity contribution in [1.29, 1.82) is 0 Å². The zero-order chi connectivity index (χ0) is 8.27. The van der Waals surface area contributed by atoms with E-state index in [0.29, 0.717) is 0 Å². The molecule has 0 aliphatic heterocycles. The molecule has 0 N–H and O–H groups in total. The van der Waals surface area contributed by atoms with E-state index in [2.05, 4.69) is 39.0 Å². The third-order valence-corrected chi connectivity index (χ3v) is 2.11. The summed E-state index contributed by atoms with van der Waals surface area (Å²) < 4.78 is 0. The lowest BCUT2D eigenvalue weighted by Gasteiger charge is -2.02. The Morgan fingerprint density at radius 3 is 2.45 bits per heavy atom. The molecule has 0 fully saturated rings. The van der Waals surface area contributed by atoms with Crippen molar-refractivity contribution < 1.29 is 1.43 Å². The summed E-state index contributed by atoms with van der Waals surface area (Å²) in [6.45, 7) is 6.55. The van der Waals surface area contributed by atoms with Crippen molar-refractivity contribution >= 4 is 0 Å². The molecule has 0 heterocycles. The second-order valence-corrected chi connectivity index (χ2v) is 3.17. The molecule has 0 aliphatic rings. The van der Waals surface area contributed by atoms with Gasteiger partial charge >= 0.3 is 0 Å². The Kier molecular flexibility index (Phi) is 2.70.